The third kappa shape index (κ3) is 3.80. The van der Waals surface area contributed by atoms with Crippen molar-refractivity contribution in [3.05, 3.63) is 47.5 Å². The van der Waals surface area contributed by atoms with Crippen LogP contribution in [0, 0.1) is 0 Å². The molecule has 122 valence electrons. The van der Waals surface area contributed by atoms with Gasteiger partial charge in [-0.15, -0.1) is 23.5 Å². The van der Waals surface area contributed by atoms with Crippen LogP contribution in [0.2, 0.25) is 0 Å². The van der Waals surface area contributed by atoms with E-state index in [0.717, 1.165) is 6.42 Å². The van der Waals surface area contributed by atoms with Crippen molar-refractivity contribution >= 4 is 39.2 Å². The molecule has 1 aliphatic carbocycles. The number of rotatable bonds is 8. The van der Waals surface area contributed by atoms with Gasteiger partial charge in [-0.05, 0) is 53.2 Å². The van der Waals surface area contributed by atoms with Gasteiger partial charge in [0, 0.05) is 15.4 Å². The molecule has 0 unspecified atom stereocenters. The third-order valence-corrected chi connectivity index (χ3v) is 6.68. The lowest BCUT2D eigenvalue weighted by Gasteiger charge is -2.21. The molecule has 3 rings (SSSR count). The van der Waals surface area contributed by atoms with Gasteiger partial charge in [0.05, 0.1) is 0 Å². The Morgan fingerprint density at radius 3 is 2.48 bits per heavy atom. The van der Waals surface area contributed by atoms with Crippen LogP contribution >= 0.6 is 23.5 Å². The van der Waals surface area contributed by atoms with E-state index in [-0.39, 0.29) is 0 Å². The molecule has 0 radical (unpaired) electrons. The Bertz CT molecular complexity index is 700. The van der Waals surface area contributed by atoms with Crippen molar-refractivity contribution in [2.75, 3.05) is 11.5 Å². The molecule has 23 heavy (non-hydrogen) atoms. The highest BCUT2D eigenvalue weighted by atomic mass is 32.2. The van der Waals surface area contributed by atoms with Crippen LogP contribution in [0.15, 0.2) is 41.3 Å². The van der Waals surface area contributed by atoms with Crippen molar-refractivity contribution in [2.24, 2.45) is 0 Å². The summed E-state index contributed by atoms with van der Waals surface area (Å²) in [5.74, 6) is 2.46. The minimum absolute atomic E-state index is 1.09. The van der Waals surface area contributed by atoms with Crippen molar-refractivity contribution in [3.63, 3.8) is 0 Å². The molecule has 0 fully saturated rings. The van der Waals surface area contributed by atoms with Crippen molar-refractivity contribution in [1.82, 2.24) is 0 Å². The number of allylic oxidation sites excluding steroid dienone is 1. The number of unbranched alkanes of at least 4 members (excludes halogenated alkanes) is 2. The first-order valence-electron chi connectivity index (χ1n) is 8.85. The number of hydrogen-bond acceptors (Lipinski definition) is 2. The second-order valence-corrected chi connectivity index (χ2v) is 8.40. The van der Waals surface area contributed by atoms with Gasteiger partial charge in [-0.1, -0.05) is 57.0 Å². The van der Waals surface area contributed by atoms with Gasteiger partial charge in [0.2, 0.25) is 0 Å². The zero-order chi connectivity index (χ0) is 16.1. The van der Waals surface area contributed by atoms with E-state index in [9.17, 15) is 0 Å². The minimum Gasteiger partial charge on any atom is -0.126 e. The molecule has 2 aromatic rings. The summed E-state index contributed by atoms with van der Waals surface area (Å²) in [7, 11) is 0. The second-order valence-electron chi connectivity index (χ2n) is 6.13. The summed E-state index contributed by atoms with van der Waals surface area (Å²) in [6, 6.07) is 11.4. The lowest BCUT2D eigenvalue weighted by atomic mass is 9.93. The Labute approximate surface area is 149 Å². The predicted molar refractivity (Wildman–Crippen MR) is 109 cm³/mol. The highest BCUT2D eigenvalue weighted by molar-refractivity contribution is 8.08. The van der Waals surface area contributed by atoms with E-state index in [1.54, 1.807) is 0 Å². The first-order valence-corrected chi connectivity index (χ1v) is 10.8. The van der Waals surface area contributed by atoms with Gasteiger partial charge < -0.3 is 0 Å². The van der Waals surface area contributed by atoms with Crippen LogP contribution in [-0.4, -0.2) is 11.5 Å². The molecule has 0 aliphatic heterocycles. The van der Waals surface area contributed by atoms with Gasteiger partial charge in [-0.2, -0.15) is 0 Å². The maximum atomic E-state index is 2.46. The summed E-state index contributed by atoms with van der Waals surface area (Å²) in [4.78, 5) is 3.00. The van der Waals surface area contributed by atoms with Crippen LogP contribution in [0.3, 0.4) is 0 Å². The maximum Gasteiger partial charge on any atom is 0.0162 e. The molecule has 0 spiro atoms. The molecule has 0 saturated heterocycles. The van der Waals surface area contributed by atoms with E-state index in [0.29, 0.717) is 0 Å². The molecule has 0 atom stereocenters. The molecule has 0 N–H and O–H groups in total. The monoisotopic (exact) mass is 342 g/mol. The zero-order valence-corrected chi connectivity index (χ0v) is 15.9. The topological polar surface area (TPSA) is 0 Å². The smallest absolute Gasteiger partial charge is 0.0162 e. The molecule has 0 heterocycles. The first-order chi connectivity index (χ1) is 11.3. The lowest BCUT2D eigenvalue weighted by Crippen LogP contribution is -1.99. The van der Waals surface area contributed by atoms with Crippen LogP contribution in [-0.2, 0) is 6.42 Å². The van der Waals surface area contributed by atoms with Crippen molar-refractivity contribution < 1.29 is 0 Å². The first kappa shape index (κ1) is 17.0. The Kier molecular flexibility index (Phi) is 6.13. The largest absolute Gasteiger partial charge is 0.126 e. The minimum atomic E-state index is 1.09. The van der Waals surface area contributed by atoms with Gasteiger partial charge in [0.1, 0.15) is 0 Å². The normalized spacial score (nSPS) is 13.4. The Balaban J connectivity index is 1.99. The van der Waals surface area contributed by atoms with Gasteiger partial charge >= 0.3 is 0 Å². The Hall–Kier alpha value is -0.860. The van der Waals surface area contributed by atoms with Gasteiger partial charge in [0.15, 0.2) is 0 Å². The predicted octanol–water partition coefficient (Wildman–Crippen LogP) is 7.16. The fourth-order valence-electron chi connectivity index (χ4n) is 3.06. The summed E-state index contributed by atoms with van der Waals surface area (Å²) >= 11 is 4.10. The van der Waals surface area contributed by atoms with Crippen LogP contribution in [0.4, 0.5) is 0 Å². The second kappa shape index (κ2) is 8.30. The van der Waals surface area contributed by atoms with Crippen LogP contribution in [0.1, 0.15) is 50.7 Å². The molecule has 0 bridgehead atoms. The molecular weight excluding hydrogens is 316 g/mol. The summed E-state index contributed by atoms with van der Waals surface area (Å²) in [5.41, 5.74) is 3.02. The van der Waals surface area contributed by atoms with Gasteiger partial charge in [-0.3, -0.25) is 0 Å². The molecule has 0 amide bonds. The van der Waals surface area contributed by atoms with Crippen molar-refractivity contribution in [3.8, 4) is 0 Å². The number of hydrogen-bond donors (Lipinski definition) is 0. The SMILES string of the molecule is CCCCSC1=CCc2cccc3ccc(SCCCC)c1c23. The summed E-state index contributed by atoms with van der Waals surface area (Å²) in [6.45, 7) is 4.55. The van der Waals surface area contributed by atoms with Crippen molar-refractivity contribution in [2.45, 2.75) is 50.8 Å². The van der Waals surface area contributed by atoms with Gasteiger partial charge in [-0.25, -0.2) is 0 Å². The molecule has 2 heteroatoms. The molecule has 0 nitrogen and oxygen atoms in total. The fourth-order valence-corrected chi connectivity index (χ4v) is 5.51. The molecule has 0 saturated carbocycles. The molecular formula is C21H26S2. The molecule has 1 aliphatic rings. The highest BCUT2D eigenvalue weighted by Crippen LogP contribution is 2.44. The lowest BCUT2D eigenvalue weighted by molar-refractivity contribution is 0.896. The molecule has 2 aromatic carbocycles. The average molecular weight is 343 g/mol. The van der Waals surface area contributed by atoms with Crippen LogP contribution in [0.25, 0.3) is 15.7 Å². The van der Waals surface area contributed by atoms with E-state index in [2.05, 4.69) is 62.0 Å². The summed E-state index contributed by atoms with van der Waals surface area (Å²) in [6.07, 6.45) is 8.70. The molecule has 0 aromatic heterocycles. The fraction of sp³-hybridized carbons (Fsp3) is 0.429. The average Bonchev–Trinajstić information content (AvgIpc) is 2.58. The van der Waals surface area contributed by atoms with E-state index >= 15 is 0 Å². The van der Waals surface area contributed by atoms with E-state index in [4.69, 9.17) is 0 Å². The van der Waals surface area contributed by atoms with Crippen LogP contribution in [0.5, 0.6) is 0 Å². The zero-order valence-electron chi connectivity index (χ0n) is 14.2. The summed E-state index contributed by atoms with van der Waals surface area (Å²) < 4.78 is 0. The van der Waals surface area contributed by atoms with E-state index in [1.165, 1.54) is 68.9 Å². The maximum absolute atomic E-state index is 2.46. The van der Waals surface area contributed by atoms with Crippen molar-refractivity contribution in [1.29, 1.82) is 0 Å². The standard InChI is InChI=1S/C21H26S2/c1-3-5-14-22-18-12-10-16-8-7-9-17-11-13-19(21(18)20(16)17)23-15-6-4-2/h7-10,12-13H,3-6,11,14-15H2,1-2H3. The van der Waals surface area contributed by atoms with E-state index < -0.39 is 0 Å². The van der Waals surface area contributed by atoms with Gasteiger partial charge in [0.25, 0.3) is 0 Å². The number of benzene rings is 2. The quantitative estimate of drug-likeness (QED) is 0.368. The number of thioether (sulfide) groups is 2. The Morgan fingerprint density at radius 2 is 1.70 bits per heavy atom. The van der Waals surface area contributed by atoms with E-state index in [1.807, 2.05) is 11.8 Å². The van der Waals surface area contributed by atoms with Crippen LogP contribution < -0.4 is 0 Å². The Morgan fingerprint density at radius 1 is 0.913 bits per heavy atom. The third-order valence-electron chi connectivity index (χ3n) is 4.36. The summed E-state index contributed by atoms with van der Waals surface area (Å²) in [5, 5.41) is 2.91. The highest BCUT2D eigenvalue weighted by Gasteiger charge is 2.19.